The highest BCUT2D eigenvalue weighted by Crippen LogP contribution is 2.33. The topological polar surface area (TPSA) is 35.2 Å². The number of benzene rings is 1. The number of methoxy groups -OCH3 is 1. The van der Waals surface area contributed by atoms with E-state index in [1.807, 2.05) is 0 Å². The van der Waals surface area contributed by atoms with E-state index in [1.165, 1.54) is 25.3 Å². The molecule has 0 saturated carbocycles. The van der Waals surface area contributed by atoms with E-state index >= 15 is 0 Å². The monoisotopic (exact) mass is 253 g/mol. The van der Waals surface area contributed by atoms with Crippen LogP contribution in [-0.4, -0.2) is 13.3 Å². The van der Waals surface area contributed by atoms with Crippen molar-refractivity contribution in [2.45, 2.75) is 18.6 Å². The molecule has 90 valence electrons. The number of nitrogens with two attached hydrogens (primary N) is 1. The van der Waals surface area contributed by atoms with E-state index < -0.39 is 18.6 Å². The molecular weight excluding hydrogens is 243 g/mol. The molecule has 1 rings (SSSR count). The van der Waals surface area contributed by atoms with Crippen LogP contribution in [-0.2, 0) is 0 Å². The standard InChI is InChI=1S/C10H11ClF3NO/c1-16-9-3-2-6(11)4-7(9)8(15)5-10(12,13)14/h2-4,8H,5,15H2,1H3/t8-/m1/s1. The molecule has 0 heterocycles. The summed E-state index contributed by atoms with van der Waals surface area (Å²) >= 11 is 5.70. The van der Waals surface area contributed by atoms with E-state index in [-0.39, 0.29) is 5.56 Å². The SMILES string of the molecule is COc1ccc(Cl)cc1[C@H](N)CC(F)(F)F. The fourth-order valence-electron chi connectivity index (χ4n) is 1.35. The average Bonchev–Trinajstić information content (AvgIpc) is 2.15. The lowest BCUT2D eigenvalue weighted by Gasteiger charge is -2.17. The predicted octanol–water partition coefficient (Wildman–Crippen LogP) is 3.30. The Labute approximate surface area is 96.1 Å². The van der Waals surface area contributed by atoms with Gasteiger partial charge in [-0.25, -0.2) is 0 Å². The van der Waals surface area contributed by atoms with Crippen LogP contribution in [0, 0.1) is 0 Å². The molecule has 2 nitrogen and oxygen atoms in total. The van der Waals surface area contributed by atoms with Crippen molar-refractivity contribution in [3.8, 4) is 5.75 Å². The van der Waals surface area contributed by atoms with Gasteiger partial charge in [0.15, 0.2) is 0 Å². The van der Waals surface area contributed by atoms with Crippen molar-refractivity contribution in [1.82, 2.24) is 0 Å². The predicted molar refractivity (Wildman–Crippen MR) is 55.6 cm³/mol. The summed E-state index contributed by atoms with van der Waals surface area (Å²) in [6.07, 6.45) is -5.42. The van der Waals surface area contributed by atoms with Crippen LogP contribution < -0.4 is 10.5 Å². The Morgan fingerprint density at radius 2 is 2.06 bits per heavy atom. The summed E-state index contributed by atoms with van der Waals surface area (Å²) in [4.78, 5) is 0. The Kier molecular flexibility index (Phi) is 4.04. The van der Waals surface area contributed by atoms with E-state index in [9.17, 15) is 13.2 Å². The van der Waals surface area contributed by atoms with Gasteiger partial charge < -0.3 is 10.5 Å². The third-order valence-electron chi connectivity index (χ3n) is 2.04. The number of halogens is 4. The summed E-state index contributed by atoms with van der Waals surface area (Å²) in [6, 6.07) is 3.24. The first-order chi connectivity index (χ1) is 7.33. The first-order valence-electron chi connectivity index (χ1n) is 4.49. The fourth-order valence-corrected chi connectivity index (χ4v) is 1.53. The van der Waals surface area contributed by atoms with E-state index in [0.29, 0.717) is 10.8 Å². The lowest BCUT2D eigenvalue weighted by atomic mass is 10.0. The number of hydrogen-bond donors (Lipinski definition) is 1. The summed E-state index contributed by atoms with van der Waals surface area (Å²) in [5, 5.41) is 0.327. The van der Waals surface area contributed by atoms with Gasteiger partial charge in [-0.3, -0.25) is 0 Å². The van der Waals surface area contributed by atoms with Crippen LogP contribution in [0.1, 0.15) is 18.0 Å². The molecule has 2 N–H and O–H groups in total. The second-order valence-electron chi connectivity index (χ2n) is 3.31. The van der Waals surface area contributed by atoms with Crippen molar-refractivity contribution >= 4 is 11.6 Å². The summed E-state index contributed by atoms with van der Waals surface area (Å²) in [5.74, 6) is 0.307. The third-order valence-corrected chi connectivity index (χ3v) is 2.28. The molecule has 0 aliphatic heterocycles. The van der Waals surface area contributed by atoms with Crippen LogP contribution in [0.15, 0.2) is 18.2 Å². The Morgan fingerprint density at radius 1 is 1.44 bits per heavy atom. The molecule has 0 amide bonds. The maximum atomic E-state index is 12.2. The Hall–Kier alpha value is -0.940. The maximum absolute atomic E-state index is 12.2. The second kappa shape index (κ2) is 4.93. The minimum atomic E-state index is -4.31. The molecule has 0 aliphatic rings. The molecule has 0 radical (unpaired) electrons. The third kappa shape index (κ3) is 3.57. The zero-order valence-electron chi connectivity index (χ0n) is 8.51. The van der Waals surface area contributed by atoms with Crippen molar-refractivity contribution in [3.63, 3.8) is 0 Å². The minimum Gasteiger partial charge on any atom is -0.496 e. The highest BCUT2D eigenvalue weighted by molar-refractivity contribution is 6.30. The van der Waals surface area contributed by atoms with Crippen LogP contribution in [0.4, 0.5) is 13.2 Å². The zero-order chi connectivity index (χ0) is 12.3. The van der Waals surface area contributed by atoms with Gasteiger partial charge in [-0.05, 0) is 18.2 Å². The summed E-state index contributed by atoms with van der Waals surface area (Å²) in [7, 11) is 1.37. The van der Waals surface area contributed by atoms with Crippen molar-refractivity contribution < 1.29 is 17.9 Å². The summed E-state index contributed by atoms with van der Waals surface area (Å²) in [5.41, 5.74) is 5.72. The lowest BCUT2D eigenvalue weighted by Crippen LogP contribution is -2.20. The van der Waals surface area contributed by atoms with Gasteiger partial charge in [0, 0.05) is 16.6 Å². The van der Waals surface area contributed by atoms with Gasteiger partial charge in [-0.1, -0.05) is 11.6 Å². The molecule has 0 fully saturated rings. The average molecular weight is 254 g/mol. The van der Waals surface area contributed by atoms with Gasteiger partial charge in [0.25, 0.3) is 0 Å². The zero-order valence-corrected chi connectivity index (χ0v) is 9.27. The molecule has 0 saturated heterocycles. The minimum absolute atomic E-state index is 0.257. The molecule has 0 spiro atoms. The Balaban J connectivity index is 2.97. The van der Waals surface area contributed by atoms with Crippen molar-refractivity contribution in [3.05, 3.63) is 28.8 Å². The molecule has 0 unspecified atom stereocenters. The Morgan fingerprint density at radius 3 is 2.56 bits per heavy atom. The molecule has 1 aromatic rings. The van der Waals surface area contributed by atoms with Crippen LogP contribution in [0.2, 0.25) is 5.02 Å². The molecule has 1 atom stereocenters. The smallest absolute Gasteiger partial charge is 0.390 e. The quantitative estimate of drug-likeness (QED) is 0.897. The van der Waals surface area contributed by atoms with Gasteiger partial charge in [0.05, 0.1) is 13.5 Å². The van der Waals surface area contributed by atoms with Crippen LogP contribution in [0.25, 0.3) is 0 Å². The van der Waals surface area contributed by atoms with Crippen molar-refractivity contribution in [2.24, 2.45) is 5.73 Å². The van der Waals surface area contributed by atoms with Crippen molar-refractivity contribution in [2.75, 3.05) is 7.11 Å². The fraction of sp³-hybridized carbons (Fsp3) is 0.400. The first kappa shape index (κ1) is 13.1. The molecule has 16 heavy (non-hydrogen) atoms. The highest BCUT2D eigenvalue weighted by atomic mass is 35.5. The van der Waals surface area contributed by atoms with Gasteiger partial charge in [-0.15, -0.1) is 0 Å². The first-order valence-corrected chi connectivity index (χ1v) is 4.87. The molecule has 0 bridgehead atoms. The van der Waals surface area contributed by atoms with Gasteiger partial charge in [0.1, 0.15) is 5.75 Å². The number of hydrogen-bond acceptors (Lipinski definition) is 2. The lowest BCUT2D eigenvalue weighted by molar-refractivity contribution is -0.138. The molecular formula is C10H11ClF3NO. The summed E-state index contributed by atoms with van der Waals surface area (Å²) in [6.45, 7) is 0. The van der Waals surface area contributed by atoms with Crippen LogP contribution in [0.5, 0.6) is 5.75 Å². The van der Waals surface area contributed by atoms with Crippen LogP contribution in [0.3, 0.4) is 0 Å². The Bertz CT molecular complexity index is 368. The van der Waals surface area contributed by atoms with E-state index in [0.717, 1.165) is 0 Å². The van der Waals surface area contributed by atoms with E-state index in [1.54, 1.807) is 0 Å². The van der Waals surface area contributed by atoms with E-state index in [4.69, 9.17) is 22.1 Å². The molecule has 1 aromatic carbocycles. The largest absolute Gasteiger partial charge is 0.496 e. The molecule has 0 aromatic heterocycles. The highest BCUT2D eigenvalue weighted by Gasteiger charge is 2.32. The number of alkyl halides is 3. The van der Waals surface area contributed by atoms with Crippen LogP contribution >= 0.6 is 11.6 Å². The normalized spacial score (nSPS) is 13.6. The molecule has 0 aliphatic carbocycles. The van der Waals surface area contributed by atoms with Gasteiger partial charge in [0.2, 0.25) is 0 Å². The second-order valence-corrected chi connectivity index (χ2v) is 3.75. The summed E-state index contributed by atoms with van der Waals surface area (Å²) < 4.78 is 41.5. The maximum Gasteiger partial charge on any atom is 0.390 e. The number of ether oxygens (including phenoxy) is 1. The van der Waals surface area contributed by atoms with Crippen molar-refractivity contribution in [1.29, 1.82) is 0 Å². The van der Waals surface area contributed by atoms with Gasteiger partial charge in [-0.2, -0.15) is 13.2 Å². The van der Waals surface area contributed by atoms with E-state index in [2.05, 4.69) is 0 Å². The van der Waals surface area contributed by atoms with Gasteiger partial charge >= 0.3 is 6.18 Å². The number of rotatable bonds is 3. The molecule has 6 heteroatoms.